The molecule has 0 radical (unpaired) electrons. The van der Waals surface area contributed by atoms with Gasteiger partial charge in [0.2, 0.25) is 5.78 Å². The Bertz CT molecular complexity index is 1290. The lowest BCUT2D eigenvalue weighted by Gasteiger charge is -2.04. The zero-order valence-electron chi connectivity index (χ0n) is 15.6. The number of benzene rings is 3. The first-order chi connectivity index (χ1) is 13.6. The number of carbonyl (C=O) groups excluding carboxylic acids is 1. The van der Waals surface area contributed by atoms with Gasteiger partial charge in [-0.15, -0.1) is 0 Å². The zero-order valence-corrected chi connectivity index (χ0v) is 15.6. The Morgan fingerprint density at radius 3 is 2.61 bits per heavy atom. The van der Waals surface area contributed by atoms with Crippen LogP contribution < -0.4 is 4.74 Å². The van der Waals surface area contributed by atoms with E-state index in [0.29, 0.717) is 5.56 Å². The van der Waals surface area contributed by atoms with Crippen molar-refractivity contribution in [3.63, 3.8) is 0 Å². The second-order valence-electron chi connectivity index (χ2n) is 6.64. The molecule has 0 fully saturated rings. The van der Waals surface area contributed by atoms with E-state index in [9.17, 15) is 10.1 Å². The van der Waals surface area contributed by atoms with Gasteiger partial charge in [-0.3, -0.25) is 4.79 Å². The van der Waals surface area contributed by atoms with Gasteiger partial charge in [0.25, 0.3) is 0 Å². The molecule has 1 heterocycles. The molecule has 4 rings (SSSR count). The summed E-state index contributed by atoms with van der Waals surface area (Å²) in [7, 11) is 1.63. The van der Waals surface area contributed by atoms with E-state index in [1.165, 1.54) is 0 Å². The first-order valence-electron chi connectivity index (χ1n) is 8.92. The van der Waals surface area contributed by atoms with Gasteiger partial charge < -0.3 is 9.72 Å². The monoisotopic (exact) mass is 366 g/mol. The van der Waals surface area contributed by atoms with Crippen LogP contribution in [0.1, 0.15) is 21.6 Å². The SMILES string of the molecule is COc1ccc2cc(/C=C(\C#N)C(=O)c3c(C)[nH]c4ccccc34)ccc2c1. The number of rotatable bonds is 4. The van der Waals surface area contributed by atoms with Gasteiger partial charge in [-0.2, -0.15) is 5.26 Å². The van der Waals surface area contributed by atoms with Gasteiger partial charge >= 0.3 is 0 Å². The van der Waals surface area contributed by atoms with Crippen LogP contribution in [0.2, 0.25) is 0 Å². The molecule has 3 aromatic carbocycles. The molecule has 4 heteroatoms. The van der Waals surface area contributed by atoms with Crippen molar-refractivity contribution in [3.8, 4) is 11.8 Å². The van der Waals surface area contributed by atoms with Crippen LogP contribution in [0.5, 0.6) is 5.75 Å². The summed E-state index contributed by atoms with van der Waals surface area (Å²) in [6.45, 7) is 1.85. The zero-order chi connectivity index (χ0) is 19.7. The second-order valence-corrected chi connectivity index (χ2v) is 6.64. The maximum Gasteiger partial charge on any atom is 0.205 e. The summed E-state index contributed by atoms with van der Waals surface area (Å²) in [5.74, 6) is 0.519. The Morgan fingerprint density at radius 2 is 1.82 bits per heavy atom. The summed E-state index contributed by atoms with van der Waals surface area (Å²) in [6, 6.07) is 21.3. The highest BCUT2D eigenvalue weighted by molar-refractivity contribution is 6.20. The van der Waals surface area contributed by atoms with E-state index in [-0.39, 0.29) is 11.4 Å². The summed E-state index contributed by atoms with van der Waals surface area (Å²) < 4.78 is 5.25. The van der Waals surface area contributed by atoms with Gasteiger partial charge in [-0.1, -0.05) is 36.4 Å². The quantitative estimate of drug-likeness (QED) is 0.298. The van der Waals surface area contributed by atoms with E-state index in [1.807, 2.05) is 67.6 Å². The molecular weight excluding hydrogens is 348 g/mol. The van der Waals surface area contributed by atoms with Crippen molar-refractivity contribution in [1.29, 1.82) is 5.26 Å². The van der Waals surface area contributed by atoms with Crippen molar-refractivity contribution in [2.75, 3.05) is 7.11 Å². The molecule has 0 amide bonds. The summed E-state index contributed by atoms with van der Waals surface area (Å²) in [6.07, 6.45) is 1.65. The van der Waals surface area contributed by atoms with Gasteiger partial charge in [0, 0.05) is 16.6 Å². The number of methoxy groups -OCH3 is 1. The van der Waals surface area contributed by atoms with E-state index < -0.39 is 0 Å². The summed E-state index contributed by atoms with van der Waals surface area (Å²) in [5.41, 5.74) is 3.12. The molecule has 1 aromatic heterocycles. The Morgan fingerprint density at radius 1 is 1.07 bits per heavy atom. The molecule has 4 aromatic rings. The number of para-hydroxylation sites is 1. The van der Waals surface area contributed by atoms with Crippen molar-refractivity contribution >= 4 is 33.5 Å². The number of hydrogen-bond donors (Lipinski definition) is 1. The molecule has 0 aliphatic carbocycles. The maximum absolute atomic E-state index is 13.1. The summed E-state index contributed by atoms with van der Waals surface area (Å²) in [5, 5.41) is 12.5. The third-order valence-electron chi connectivity index (χ3n) is 4.87. The highest BCUT2D eigenvalue weighted by Gasteiger charge is 2.19. The number of hydrogen-bond acceptors (Lipinski definition) is 3. The molecule has 0 atom stereocenters. The number of aromatic nitrogens is 1. The van der Waals surface area contributed by atoms with Gasteiger partial charge in [0.1, 0.15) is 17.4 Å². The Balaban J connectivity index is 1.77. The number of nitrogens with zero attached hydrogens (tertiary/aromatic N) is 1. The number of Topliss-reactive ketones (excluding diaryl/α,β-unsaturated/α-hetero) is 1. The molecule has 0 spiro atoms. The lowest BCUT2D eigenvalue weighted by molar-refractivity contribution is 0.104. The lowest BCUT2D eigenvalue weighted by atomic mass is 9.98. The average molecular weight is 366 g/mol. The van der Waals surface area contributed by atoms with E-state index in [1.54, 1.807) is 13.2 Å². The predicted molar refractivity (Wildman–Crippen MR) is 111 cm³/mol. The fourth-order valence-electron chi connectivity index (χ4n) is 3.48. The minimum Gasteiger partial charge on any atom is -0.497 e. The third kappa shape index (κ3) is 3.04. The van der Waals surface area contributed by atoms with Crippen LogP contribution in [0.25, 0.3) is 27.8 Å². The van der Waals surface area contributed by atoms with Crippen molar-refractivity contribution in [2.45, 2.75) is 6.92 Å². The van der Waals surface area contributed by atoms with Crippen LogP contribution in [-0.4, -0.2) is 17.9 Å². The molecule has 136 valence electrons. The van der Waals surface area contributed by atoms with Crippen molar-refractivity contribution in [2.24, 2.45) is 0 Å². The number of aromatic amines is 1. The first kappa shape index (κ1) is 17.6. The van der Waals surface area contributed by atoms with Crippen molar-refractivity contribution in [3.05, 3.63) is 83.1 Å². The number of ketones is 1. The second kappa shape index (κ2) is 7.05. The number of fused-ring (bicyclic) bond motifs is 2. The van der Waals surface area contributed by atoms with Crippen LogP contribution in [0.4, 0.5) is 0 Å². The Kier molecular flexibility index (Phi) is 4.42. The number of nitrogens with one attached hydrogen (secondary N) is 1. The normalized spacial score (nSPS) is 11.5. The van der Waals surface area contributed by atoms with E-state index >= 15 is 0 Å². The fourth-order valence-corrected chi connectivity index (χ4v) is 3.48. The molecule has 0 saturated carbocycles. The molecule has 1 N–H and O–H groups in total. The largest absolute Gasteiger partial charge is 0.497 e. The molecule has 0 aliphatic rings. The van der Waals surface area contributed by atoms with Crippen molar-refractivity contribution < 1.29 is 9.53 Å². The van der Waals surface area contributed by atoms with Gasteiger partial charge in [0.15, 0.2) is 0 Å². The molecule has 4 nitrogen and oxygen atoms in total. The number of nitriles is 1. The van der Waals surface area contributed by atoms with Gasteiger partial charge in [-0.25, -0.2) is 0 Å². The summed E-state index contributed by atoms with van der Waals surface area (Å²) >= 11 is 0. The minimum atomic E-state index is -0.271. The van der Waals surface area contributed by atoms with Crippen LogP contribution in [0.3, 0.4) is 0 Å². The third-order valence-corrected chi connectivity index (χ3v) is 4.87. The molecular formula is C24H18N2O2. The average Bonchev–Trinajstić information content (AvgIpc) is 3.06. The number of H-pyrrole nitrogens is 1. The lowest BCUT2D eigenvalue weighted by Crippen LogP contribution is -2.03. The number of ether oxygens (including phenoxy) is 1. The van der Waals surface area contributed by atoms with Crippen LogP contribution in [-0.2, 0) is 0 Å². The maximum atomic E-state index is 13.1. The molecule has 0 bridgehead atoms. The topological polar surface area (TPSA) is 65.9 Å². The van der Waals surface area contributed by atoms with E-state index in [2.05, 4.69) is 11.1 Å². The smallest absolute Gasteiger partial charge is 0.205 e. The number of carbonyl (C=O) groups is 1. The fraction of sp³-hybridized carbons (Fsp3) is 0.0833. The van der Waals surface area contributed by atoms with Gasteiger partial charge in [-0.05, 0) is 53.6 Å². The number of aryl methyl sites for hydroxylation is 1. The Hall–Kier alpha value is -3.84. The standard InChI is InChI=1S/C24H18N2O2/c1-15-23(21-5-3-4-6-22(21)26-15)24(27)19(14-25)12-16-7-8-18-13-20(28-2)10-9-17(18)11-16/h3-13,26H,1-2H3/b19-12+. The van der Waals surface area contributed by atoms with Crippen molar-refractivity contribution in [1.82, 2.24) is 4.98 Å². The highest BCUT2D eigenvalue weighted by atomic mass is 16.5. The number of allylic oxidation sites excluding steroid dienone is 1. The predicted octanol–water partition coefficient (Wildman–Crippen LogP) is 5.43. The van der Waals surface area contributed by atoms with Crippen LogP contribution in [0, 0.1) is 18.3 Å². The van der Waals surface area contributed by atoms with Crippen LogP contribution >= 0.6 is 0 Å². The van der Waals surface area contributed by atoms with Gasteiger partial charge in [0.05, 0.1) is 12.7 Å². The van der Waals surface area contributed by atoms with Crippen LogP contribution in [0.15, 0.2) is 66.2 Å². The first-order valence-corrected chi connectivity index (χ1v) is 8.92. The molecule has 0 saturated heterocycles. The molecule has 0 unspecified atom stereocenters. The van der Waals surface area contributed by atoms with E-state index in [0.717, 1.165) is 38.7 Å². The molecule has 0 aliphatic heterocycles. The molecule has 28 heavy (non-hydrogen) atoms. The minimum absolute atomic E-state index is 0.112. The van der Waals surface area contributed by atoms with E-state index in [4.69, 9.17) is 4.74 Å². The summed E-state index contributed by atoms with van der Waals surface area (Å²) in [4.78, 5) is 16.3. The highest BCUT2D eigenvalue weighted by Crippen LogP contribution is 2.26. The Labute approximate surface area is 162 Å².